The summed E-state index contributed by atoms with van der Waals surface area (Å²) in [5.41, 5.74) is 7.91. The van der Waals surface area contributed by atoms with Gasteiger partial charge in [-0.05, 0) is 66.8 Å². The van der Waals surface area contributed by atoms with Gasteiger partial charge in [0.15, 0.2) is 0 Å². The Hall–Kier alpha value is -2.41. The van der Waals surface area contributed by atoms with E-state index in [1.54, 1.807) is 0 Å². The Balaban J connectivity index is 1.49. The molecule has 1 heterocycles. The van der Waals surface area contributed by atoms with Crippen LogP contribution in [0.15, 0.2) is 66.9 Å². The minimum absolute atomic E-state index is 1.07. The van der Waals surface area contributed by atoms with E-state index in [-0.39, 0.29) is 0 Å². The van der Waals surface area contributed by atoms with E-state index < -0.39 is 0 Å². The summed E-state index contributed by atoms with van der Waals surface area (Å²) in [6.45, 7) is 4.51. The molecule has 0 unspecified atom stereocenters. The smallest absolute Gasteiger partial charge is 0.0702 e. The maximum absolute atomic E-state index is 4.69. The molecule has 0 aliphatic heterocycles. The van der Waals surface area contributed by atoms with E-state index >= 15 is 0 Å². The molecule has 30 heavy (non-hydrogen) atoms. The minimum Gasteiger partial charge on any atom is -0.256 e. The average molecular weight is 400 g/mol. The van der Waals surface area contributed by atoms with E-state index in [1.165, 1.54) is 72.8 Å². The highest BCUT2D eigenvalue weighted by Gasteiger charge is 2.02. The zero-order chi connectivity index (χ0) is 21.0. The molecule has 3 rings (SSSR count). The maximum atomic E-state index is 4.69. The summed E-state index contributed by atoms with van der Waals surface area (Å²) in [4.78, 5) is 4.69. The summed E-state index contributed by atoms with van der Waals surface area (Å²) >= 11 is 0. The zero-order valence-corrected chi connectivity index (χ0v) is 18.9. The average Bonchev–Trinajstić information content (AvgIpc) is 2.80. The van der Waals surface area contributed by atoms with Crippen molar-refractivity contribution in [3.8, 4) is 11.3 Å². The molecule has 0 fully saturated rings. The fourth-order valence-corrected chi connectivity index (χ4v) is 3.90. The van der Waals surface area contributed by atoms with Gasteiger partial charge >= 0.3 is 0 Å². The summed E-state index contributed by atoms with van der Waals surface area (Å²) < 4.78 is 0. The monoisotopic (exact) mass is 399 g/mol. The van der Waals surface area contributed by atoms with Gasteiger partial charge in [0.05, 0.1) is 5.69 Å². The molecule has 1 aromatic heterocycles. The van der Waals surface area contributed by atoms with Crippen molar-refractivity contribution in [3.05, 3.63) is 89.1 Å². The van der Waals surface area contributed by atoms with Gasteiger partial charge in [-0.25, -0.2) is 0 Å². The summed E-state index contributed by atoms with van der Waals surface area (Å²) in [6.07, 6.45) is 14.3. The van der Waals surface area contributed by atoms with Gasteiger partial charge in [-0.15, -0.1) is 0 Å². The molecule has 0 saturated heterocycles. The highest BCUT2D eigenvalue weighted by Crippen LogP contribution is 2.19. The van der Waals surface area contributed by atoms with Crippen LogP contribution in [0.2, 0.25) is 0 Å². The molecule has 0 radical (unpaired) electrons. The van der Waals surface area contributed by atoms with E-state index in [1.807, 2.05) is 6.20 Å². The standard InChI is InChI=1S/C29H37N/c1-3-5-7-9-24-11-13-25(14-12-24)15-16-26-17-20-28(21-18-26)29-22-19-27(23-30-29)10-8-6-4-2/h11-14,17-23H,3-10,15-16H2,1-2H3. The van der Waals surface area contributed by atoms with Crippen molar-refractivity contribution >= 4 is 0 Å². The van der Waals surface area contributed by atoms with Gasteiger partial charge < -0.3 is 0 Å². The van der Waals surface area contributed by atoms with Gasteiger partial charge in [0, 0.05) is 11.8 Å². The first-order chi connectivity index (χ1) is 14.8. The van der Waals surface area contributed by atoms with Crippen LogP contribution in [0, 0.1) is 0 Å². The van der Waals surface area contributed by atoms with Crippen molar-refractivity contribution in [2.75, 3.05) is 0 Å². The Morgan fingerprint density at radius 1 is 0.500 bits per heavy atom. The Morgan fingerprint density at radius 3 is 1.47 bits per heavy atom. The van der Waals surface area contributed by atoms with Gasteiger partial charge in [-0.3, -0.25) is 4.98 Å². The fourth-order valence-electron chi connectivity index (χ4n) is 3.90. The Kier molecular flexibility index (Phi) is 9.15. The van der Waals surface area contributed by atoms with Gasteiger partial charge in [-0.2, -0.15) is 0 Å². The SMILES string of the molecule is CCCCCc1ccc(CCc2ccc(-c3ccc(CCCCC)cn3)cc2)cc1. The normalized spacial score (nSPS) is 11.0. The number of rotatable bonds is 12. The molecule has 0 spiro atoms. The van der Waals surface area contributed by atoms with Crippen molar-refractivity contribution < 1.29 is 0 Å². The molecule has 0 amide bonds. The van der Waals surface area contributed by atoms with E-state index in [2.05, 4.69) is 79.5 Å². The third-order valence-electron chi connectivity index (χ3n) is 5.94. The molecule has 1 nitrogen and oxygen atoms in total. The number of benzene rings is 2. The van der Waals surface area contributed by atoms with Crippen molar-refractivity contribution in [3.63, 3.8) is 0 Å². The number of aryl methyl sites for hydroxylation is 4. The molecule has 0 saturated carbocycles. The van der Waals surface area contributed by atoms with Crippen molar-refractivity contribution in [1.29, 1.82) is 0 Å². The second kappa shape index (κ2) is 12.3. The zero-order valence-electron chi connectivity index (χ0n) is 18.9. The molecule has 0 aliphatic carbocycles. The number of aromatic nitrogens is 1. The number of pyridine rings is 1. The van der Waals surface area contributed by atoms with Gasteiger partial charge in [0.1, 0.15) is 0 Å². The van der Waals surface area contributed by atoms with Crippen LogP contribution in [0.5, 0.6) is 0 Å². The number of unbranched alkanes of at least 4 members (excludes halogenated alkanes) is 4. The van der Waals surface area contributed by atoms with Crippen molar-refractivity contribution in [1.82, 2.24) is 4.98 Å². The number of hydrogen-bond acceptors (Lipinski definition) is 1. The molecule has 1 heteroatoms. The van der Waals surface area contributed by atoms with E-state index in [9.17, 15) is 0 Å². The lowest BCUT2D eigenvalue weighted by molar-refractivity contribution is 0.716. The van der Waals surface area contributed by atoms with Gasteiger partial charge in [0.2, 0.25) is 0 Å². The summed E-state index contributed by atoms with van der Waals surface area (Å²) in [6, 6.07) is 22.6. The topological polar surface area (TPSA) is 12.9 Å². The van der Waals surface area contributed by atoms with Gasteiger partial charge in [0.25, 0.3) is 0 Å². The van der Waals surface area contributed by atoms with Crippen molar-refractivity contribution in [2.45, 2.75) is 78.1 Å². The molecule has 3 aromatic rings. The summed E-state index contributed by atoms with van der Waals surface area (Å²) in [7, 11) is 0. The predicted octanol–water partition coefficient (Wildman–Crippen LogP) is 8.00. The van der Waals surface area contributed by atoms with Crippen LogP contribution in [0.25, 0.3) is 11.3 Å². The first-order valence-electron chi connectivity index (χ1n) is 11.9. The largest absolute Gasteiger partial charge is 0.256 e. The molecular formula is C29H37N. The third kappa shape index (κ3) is 7.13. The Morgan fingerprint density at radius 2 is 0.967 bits per heavy atom. The second-order valence-electron chi connectivity index (χ2n) is 8.48. The lowest BCUT2D eigenvalue weighted by atomic mass is 10.00. The highest BCUT2D eigenvalue weighted by atomic mass is 14.7. The van der Waals surface area contributed by atoms with E-state index in [0.29, 0.717) is 0 Å². The van der Waals surface area contributed by atoms with Crippen LogP contribution in [0.3, 0.4) is 0 Å². The lowest BCUT2D eigenvalue weighted by Crippen LogP contribution is -1.93. The van der Waals surface area contributed by atoms with Crippen LogP contribution in [0.1, 0.15) is 74.6 Å². The Bertz CT molecular complexity index is 844. The molecule has 2 aromatic carbocycles. The van der Waals surface area contributed by atoms with Crippen LogP contribution in [-0.2, 0) is 25.7 Å². The molecule has 0 atom stereocenters. The number of nitrogens with zero attached hydrogens (tertiary/aromatic N) is 1. The minimum atomic E-state index is 1.07. The molecular weight excluding hydrogens is 362 g/mol. The quantitative estimate of drug-likeness (QED) is 0.281. The Labute approximate surface area is 183 Å². The molecule has 0 bridgehead atoms. The first-order valence-corrected chi connectivity index (χ1v) is 11.9. The molecule has 158 valence electrons. The number of hydrogen-bond donors (Lipinski definition) is 0. The van der Waals surface area contributed by atoms with E-state index in [0.717, 1.165) is 25.0 Å². The maximum Gasteiger partial charge on any atom is 0.0702 e. The summed E-state index contributed by atoms with van der Waals surface area (Å²) in [5, 5.41) is 0. The van der Waals surface area contributed by atoms with Crippen LogP contribution in [0.4, 0.5) is 0 Å². The van der Waals surface area contributed by atoms with Crippen LogP contribution >= 0.6 is 0 Å². The second-order valence-corrected chi connectivity index (χ2v) is 8.48. The predicted molar refractivity (Wildman–Crippen MR) is 130 cm³/mol. The van der Waals surface area contributed by atoms with Gasteiger partial charge in [-0.1, -0.05) is 94.1 Å². The first kappa shape index (κ1) is 22.3. The van der Waals surface area contributed by atoms with E-state index in [4.69, 9.17) is 0 Å². The van der Waals surface area contributed by atoms with Crippen molar-refractivity contribution in [2.24, 2.45) is 0 Å². The van der Waals surface area contributed by atoms with Crippen LogP contribution in [-0.4, -0.2) is 4.98 Å². The molecule has 0 N–H and O–H groups in total. The fraction of sp³-hybridized carbons (Fsp3) is 0.414. The molecule has 0 aliphatic rings. The van der Waals surface area contributed by atoms with Crippen LogP contribution < -0.4 is 0 Å². The third-order valence-corrected chi connectivity index (χ3v) is 5.94. The highest BCUT2D eigenvalue weighted by molar-refractivity contribution is 5.59. The lowest BCUT2D eigenvalue weighted by Gasteiger charge is -2.07. The summed E-state index contributed by atoms with van der Waals surface area (Å²) in [5.74, 6) is 0.